The summed E-state index contributed by atoms with van der Waals surface area (Å²) in [5.74, 6) is 0.400. The third kappa shape index (κ3) is 4.10. The highest BCUT2D eigenvalue weighted by molar-refractivity contribution is 6.00. The fourth-order valence-corrected chi connectivity index (χ4v) is 2.77. The highest BCUT2D eigenvalue weighted by Gasteiger charge is 2.11. The van der Waals surface area contributed by atoms with Gasteiger partial charge in [0.1, 0.15) is 0 Å². The Morgan fingerprint density at radius 2 is 1.64 bits per heavy atom. The molecular formula is C21H23N3O. The number of hydrogen-bond donors (Lipinski definition) is 2. The van der Waals surface area contributed by atoms with Gasteiger partial charge in [-0.2, -0.15) is 0 Å². The molecule has 128 valence electrons. The molecule has 0 fully saturated rings. The number of benzene rings is 2. The summed E-state index contributed by atoms with van der Waals surface area (Å²) in [7, 11) is 0. The Kier molecular flexibility index (Phi) is 5.19. The second-order valence-electron chi connectivity index (χ2n) is 6.11. The van der Waals surface area contributed by atoms with Crippen LogP contribution in [0.2, 0.25) is 0 Å². The molecule has 2 amide bonds. The van der Waals surface area contributed by atoms with Crippen LogP contribution in [0.5, 0.6) is 0 Å². The van der Waals surface area contributed by atoms with Crippen molar-refractivity contribution in [2.45, 2.75) is 26.2 Å². The minimum atomic E-state index is -0.232. The maximum absolute atomic E-state index is 12.3. The van der Waals surface area contributed by atoms with E-state index < -0.39 is 0 Å². The molecule has 0 saturated heterocycles. The van der Waals surface area contributed by atoms with Crippen molar-refractivity contribution in [3.63, 3.8) is 0 Å². The first kappa shape index (κ1) is 16.8. The lowest BCUT2D eigenvalue weighted by atomic mass is 9.97. The predicted molar refractivity (Wildman–Crippen MR) is 104 cm³/mol. The van der Waals surface area contributed by atoms with E-state index in [1.165, 1.54) is 0 Å². The number of carbonyl (C=O) groups is 1. The van der Waals surface area contributed by atoms with E-state index in [9.17, 15) is 4.79 Å². The van der Waals surface area contributed by atoms with Crippen LogP contribution in [0.4, 0.5) is 16.2 Å². The van der Waals surface area contributed by atoms with Crippen LogP contribution in [0.1, 0.15) is 31.7 Å². The Morgan fingerprint density at radius 3 is 2.32 bits per heavy atom. The topological polar surface area (TPSA) is 46.1 Å². The van der Waals surface area contributed by atoms with Gasteiger partial charge < -0.3 is 15.2 Å². The Labute approximate surface area is 148 Å². The van der Waals surface area contributed by atoms with Crippen LogP contribution in [0.25, 0.3) is 5.69 Å². The van der Waals surface area contributed by atoms with E-state index >= 15 is 0 Å². The first-order valence-corrected chi connectivity index (χ1v) is 8.57. The molecule has 25 heavy (non-hydrogen) atoms. The molecule has 2 aromatic carbocycles. The zero-order valence-corrected chi connectivity index (χ0v) is 14.6. The summed E-state index contributed by atoms with van der Waals surface area (Å²) in [5, 5.41) is 5.85. The van der Waals surface area contributed by atoms with Crippen molar-refractivity contribution in [3.05, 3.63) is 78.6 Å². The fourth-order valence-electron chi connectivity index (χ4n) is 2.77. The van der Waals surface area contributed by atoms with Gasteiger partial charge in [-0.05, 0) is 60.4 Å². The first-order valence-electron chi connectivity index (χ1n) is 8.57. The molecule has 2 N–H and O–H groups in total. The zero-order valence-electron chi connectivity index (χ0n) is 14.6. The van der Waals surface area contributed by atoms with Crippen LogP contribution >= 0.6 is 0 Å². The Morgan fingerprint density at radius 1 is 0.960 bits per heavy atom. The molecule has 1 atom stereocenters. The van der Waals surface area contributed by atoms with Crippen LogP contribution in [0.15, 0.2) is 73.1 Å². The minimum Gasteiger partial charge on any atom is -0.324 e. The van der Waals surface area contributed by atoms with Gasteiger partial charge in [0.25, 0.3) is 0 Å². The van der Waals surface area contributed by atoms with E-state index in [2.05, 4.69) is 30.5 Å². The summed E-state index contributed by atoms with van der Waals surface area (Å²) in [5.41, 5.74) is 3.83. The normalized spacial score (nSPS) is 11.8. The van der Waals surface area contributed by atoms with Gasteiger partial charge in [0, 0.05) is 29.5 Å². The monoisotopic (exact) mass is 333 g/mol. The van der Waals surface area contributed by atoms with Gasteiger partial charge in [-0.25, -0.2) is 4.79 Å². The van der Waals surface area contributed by atoms with E-state index in [0.29, 0.717) is 5.92 Å². The molecule has 0 aliphatic heterocycles. The molecule has 4 heteroatoms. The third-order valence-corrected chi connectivity index (χ3v) is 4.38. The number of anilines is 2. The van der Waals surface area contributed by atoms with E-state index in [-0.39, 0.29) is 6.03 Å². The molecule has 3 aromatic rings. The van der Waals surface area contributed by atoms with Crippen molar-refractivity contribution in [2.75, 3.05) is 10.6 Å². The van der Waals surface area contributed by atoms with Crippen LogP contribution < -0.4 is 10.6 Å². The van der Waals surface area contributed by atoms with Gasteiger partial charge in [-0.3, -0.25) is 0 Å². The van der Waals surface area contributed by atoms with Gasteiger partial charge in [-0.1, -0.05) is 32.0 Å². The molecular weight excluding hydrogens is 310 g/mol. The number of carbonyl (C=O) groups excluding carboxylic acids is 1. The van der Waals surface area contributed by atoms with Gasteiger partial charge in [-0.15, -0.1) is 0 Å². The standard InChI is InChI=1S/C21H23N3O/c1-3-16(2)19-8-4-5-9-20(19)23-21(25)22-17-10-12-18(13-11-17)24-14-6-7-15-24/h4-16H,3H2,1-2H3,(H2,22,23,25). The summed E-state index contributed by atoms with van der Waals surface area (Å²) < 4.78 is 2.02. The molecule has 0 saturated carbocycles. The Hall–Kier alpha value is -3.01. The number of nitrogens with one attached hydrogen (secondary N) is 2. The van der Waals surface area contributed by atoms with Crippen LogP contribution in [0, 0.1) is 0 Å². The molecule has 1 aromatic heterocycles. The molecule has 1 unspecified atom stereocenters. The number of rotatable bonds is 5. The molecule has 4 nitrogen and oxygen atoms in total. The van der Waals surface area contributed by atoms with Crippen molar-refractivity contribution in [2.24, 2.45) is 0 Å². The molecule has 0 spiro atoms. The van der Waals surface area contributed by atoms with Gasteiger partial charge >= 0.3 is 6.03 Å². The smallest absolute Gasteiger partial charge is 0.323 e. The van der Waals surface area contributed by atoms with E-state index in [0.717, 1.165) is 29.0 Å². The third-order valence-electron chi connectivity index (χ3n) is 4.38. The minimum absolute atomic E-state index is 0.232. The zero-order chi connectivity index (χ0) is 17.6. The highest BCUT2D eigenvalue weighted by Crippen LogP contribution is 2.26. The lowest BCUT2D eigenvalue weighted by Gasteiger charge is -2.16. The number of urea groups is 1. The van der Waals surface area contributed by atoms with Crippen molar-refractivity contribution < 1.29 is 4.79 Å². The average molecular weight is 333 g/mol. The molecule has 3 rings (SSSR count). The summed E-state index contributed by atoms with van der Waals surface area (Å²) in [6, 6.07) is 19.4. The van der Waals surface area contributed by atoms with E-state index in [4.69, 9.17) is 0 Å². The molecule has 0 aliphatic carbocycles. The fraction of sp³-hybridized carbons (Fsp3) is 0.190. The van der Waals surface area contributed by atoms with Crippen LogP contribution in [-0.4, -0.2) is 10.6 Å². The Balaban J connectivity index is 1.67. The Bertz CT molecular complexity index is 823. The largest absolute Gasteiger partial charge is 0.324 e. The van der Waals surface area contributed by atoms with Crippen molar-refractivity contribution in [1.29, 1.82) is 0 Å². The van der Waals surface area contributed by atoms with Crippen LogP contribution in [0.3, 0.4) is 0 Å². The summed E-state index contributed by atoms with van der Waals surface area (Å²) in [4.78, 5) is 12.3. The number of hydrogen-bond acceptors (Lipinski definition) is 1. The number of nitrogens with zero attached hydrogens (tertiary/aromatic N) is 1. The van der Waals surface area contributed by atoms with E-state index in [1.807, 2.05) is 71.6 Å². The lowest BCUT2D eigenvalue weighted by molar-refractivity contribution is 0.262. The summed E-state index contributed by atoms with van der Waals surface area (Å²) >= 11 is 0. The summed E-state index contributed by atoms with van der Waals surface area (Å²) in [6.07, 6.45) is 5.00. The van der Waals surface area contributed by atoms with Gasteiger partial charge in [0.15, 0.2) is 0 Å². The lowest BCUT2D eigenvalue weighted by Crippen LogP contribution is -2.20. The first-order chi connectivity index (χ1) is 12.2. The maximum Gasteiger partial charge on any atom is 0.323 e. The van der Waals surface area contributed by atoms with Gasteiger partial charge in [0.05, 0.1) is 0 Å². The van der Waals surface area contributed by atoms with Crippen LogP contribution in [-0.2, 0) is 0 Å². The molecule has 1 heterocycles. The second-order valence-corrected chi connectivity index (χ2v) is 6.11. The quantitative estimate of drug-likeness (QED) is 0.624. The average Bonchev–Trinajstić information content (AvgIpc) is 3.17. The van der Waals surface area contributed by atoms with Crippen molar-refractivity contribution >= 4 is 17.4 Å². The second kappa shape index (κ2) is 7.71. The SMILES string of the molecule is CCC(C)c1ccccc1NC(=O)Nc1ccc(-n2cccc2)cc1. The predicted octanol–water partition coefficient (Wildman–Crippen LogP) is 5.63. The van der Waals surface area contributed by atoms with Gasteiger partial charge in [0.2, 0.25) is 0 Å². The number of aromatic nitrogens is 1. The van der Waals surface area contributed by atoms with E-state index in [1.54, 1.807) is 0 Å². The summed E-state index contributed by atoms with van der Waals surface area (Å²) in [6.45, 7) is 4.31. The van der Waals surface area contributed by atoms with Crippen molar-refractivity contribution in [3.8, 4) is 5.69 Å². The molecule has 0 bridgehead atoms. The number of para-hydroxylation sites is 1. The molecule has 0 radical (unpaired) electrons. The maximum atomic E-state index is 12.3. The highest BCUT2D eigenvalue weighted by atomic mass is 16.2. The number of amides is 2. The van der Waals surface area contributed by atoms with Crippen molar-refractivity contribution in [1.82, 2.24) is 4.57 Å². The molecule has 0 aliphatic rings.